The summed E-state index contributed by atoms with van der Waals surface area (Å²) in [5.74, 6) is 0.924. The number of nitrogens with zero attached hydrogens (tertiary/aromatic N) is 1. The molecule has 1 aromatic heterocycles. The normalized spacial score (nSPS) is 21.9. The lowest BCUT2D eigenvalue weighted by Gasteiger charge is -2.21. The molecule has 104 valence electrons. The third-order valence-electron chi connectivity index (χ3n) is 4.24. The summed E-state index contributed by atoms with van der Waals surface area (Å²) < 4.78 is 5.73. The Morgan fingerprint density at radius 2 is 2.15 bits per heavy atom. The molecule has 2 aliphatic rings. The van der Waals surface area contributed by atoms with Crippen molar-refractivity contribution < 1.29 is 4.74 Å². The van der Waals surface area contributed by atoms with Crippen LogP contribution in [-0.4, -0.2) is 29.7 Å². The molecule has 2 aromatic rings. The highest BCUT2D eigenvalue weighted by Gasteiger charge is 2.19. The molecule has 1 aromatic carbocycles. The summed E-state index contributed by atoms with van der Waals surface area (Å²) in [7, 11) is 0. The standard InChI is InChI=1S/C16H19N3O/c1-2-11-4-5-13(8-12(11)3-1)14-9-18-16(19-14)15-10-17-6-7-20-15/h4-5,8-9,15,17H,1-3,6-7,10H2,(H,18,19). The Kier molecular flexibility index (Phi) is 3.05. The smallest absolute Gasteiger partial charge is 0.137 e. The van der Waals surface area contributed by atoms with Crippen LogP contribution < -0.4 is 5.32 Å². The van der Waals surface area contributed by atoms with Gasteiger partial charge in [-0.25, -0.2) is 4.98 Å². The van der Waals surface area contributed by atoms with Crippen molar-refractivity contribution in [2.75, 3.05) is 19.7 Å². The molecule has 1 unspecified atom stereocenters. The number of aryl methyl sites for hydroxylation is 2. The van der Waals surface area contributed by atoms with Gasteiger partial charge in [-0.3, -0.25) is 0 Å². The minimum Gasteiger partial charge on any atom is -0.368 e. The van der Waals surface area contributed by atoms with Crippen molar-refractivity contribution >= 4 is 0 Å². The van der Waals surface area contributed by atoms with E-state index in [1.165, 1.54) is 36.0 Å². The molecule has 0 amide bonds. The van der Waals surface area contributed by atoms with Crippen molar-refractivity contribution in [2.24, 2.45) is 0 Å². The van der Waals surface area contributed by atoms with E-state index < -0.39 is 0 Å². The summed E-state index contributed by atoms with van der Waals surface area (Å²) in [6, 6.07) is 6.76. The molecule has 1 aliphatic carbocycles. The molecule has 1 atom stereocenters. The van der Waals surface area contributed by atoms with E-state index in [1.807, 2.05) is 6.20 Å². The first-order valence-electron chi connectivity index (χ1n) is 7.39. The van der Waals surface area contributed by atoms with Gasteiger partial charge in [-0.1, -0.05) is 12.1 Å². The Labute approximate surface area is 118 Å². The molecule has 4 nitrogen and oxygen atoms in total. The lowest BCUT2D eigenvalue weighted by atomic mass is 10.0. The fraction of sp³-hybridized carbons (Fsp3) is 0.438. The fourth-order valence-electron chi connectivity index (χ4n) is 3.13. The van der Waals surface area contributed by atoms with E-state index in [2.05, 4.69) is 33.5 Å². The summed E-state index contributed by atoms with van der Waals surface area (Å²) in [5, 5.41) is 3.33. The number of aromatic nitrogens is 2. The molecule has 1 saturated heterocycles. The third-order valence-corrected chi connectivity index (χ3v) is 4.24. The van der Waals surface area contributed by atoms with E-state index in [0.717, 1.165) is 31.2 Å². The Morgan fingerprint density at radius 3 is 3.05 bits per heavy atom. The number of hydrogen-bond donors (Lipinski definition) is 2. The maximum Gasteiger partial charge on any atom is 0.137 e. The topological polar surface area (TPSA) is 49.9 Å². The minimum atomic E-state index is 0.0481. The average molecular weight is 269 g/mol. The van der Waals surface area contributed by atoms with Crippen LogP contribution in [0.4, 0.5) is 0 Å². The van der Waals surface area contributed by atoms with Crippen LogP contribution in [-0.2, 0) is 17.6 Å². The molecule has 20 heavy (non-hydrogen) atoms. The number of rotatable bonds is 2. The largest absolute Gasteiger partial charge is 0.368 e. The predicted octanol–water partition coefficient (Wildman–Crippen LogP) is 2.23. The van der Waals surface area contributed by atoms with E-state index in [9.17, 15) is 0 Å². The first-order chi connectivity index (χ1) is 9.90. The zero-order valence-corrected chi connectivity index (χ0v) is 11.5. The molecule has 2 heterocycles. The van der Waals surface area contributed by atoms with Crippen molar-refractivity contribution in [3.63, 3.8) is 0 Å². The second-order valence-electron chi connectivity index (χ2n) is 5.58. The Balaban J connectivity index is 1.61. The molecule has 2 N–H and O–H groups in total. The monoisotopic (exact) mass is 269 g/mol. The van der Waals surface area contributed by atoms with E-state index in [0.29, 0.717) is 0 Å². The summed E-state index contributed by atoms with van der Waals surface area (Å²) in [5.41, 5.74) is 5.32. The molecule has 0 radical (unpaired) electrons. The number of ether oxygens (including phenoxy) is 1. The number of morpholine rings is 1. The highest BCUT2D eigenvalue weighted by molar-refractivity contribution is 5.61. The third kappa shape index (κ3) is 2.15. The number of aromatic amines is 1. The Hall–Kier alpha value is -1.65. The highest BCUT2D eigenvalue weighted by Crippen LogP contribution is 2.28. The van der Waals surface area contributed by atoms with Crippen LogP contribution in [0.5, 0.6) is 0 Å². The van der Waals surface area contributed by atoms with Crippen molar-refractivity contribution in [2.45, 2.75) is 25.4 Å². The van der Waals surface area contributed by atoms with Gasteiger partial charge in [0, 0.05) is 13.1 Å². The lowest BCUT2D eigenvalue weighted by molar-refractivity contribution is 0.0227. The number of nitrogens with one attached hydrogen (secondary N) is 2. The van der Waals surface area contributed by atoms with E-state index in [4.69, 9.17) is 4.74 Å². The molecular formula is C16H19N3O. The van der Waals surface area contributed by atoms with Crippen molar-refractivity contribution in [1.82, 2.24) is 15.3 Å². The summed E-state index contributed by atoms with van der Waals surface area (Å²) in [6.07, 6.45) is 5.69. The van der Waals surface area contributed by atoms with Crippen molar-refractivity contribution in [3.8, 4) is 11.3 Å². The van der Waals surface area contributed by atoms with Crippen molar-refractivity contribution in [3.05, 3.63) is 41.3 Å². The van der Waals surface area contributed by atoms with Gasteiger partial charge in [0.25, 0.3) is 0 Å². The molecule has 4 rings (SSSR count). The van der Waals surface area contributed by atoms with Crippen LogP contribution in [0.15, 0.2) is 24.4 Å². The lowest BCUT2D eigenvalue weighted by Crippen LogP contribution is -2.33. The van der Waals surface area contributed by atoms with Crippen LogP contribution in [0.2, 0.25) is 0 Å². The molecule has 0 saturated carbocycles. The number of benzene rings is 1. The number of hydrogen-bond acceptors (Lipinski definition) is 3. The quantitative estimate of drug-likeness (QED) is 0.879. The zero-order chi connectivity index (χ0) is 13.4. The van der Waals surface area contributed by atoms with Gasteiger partial charge < -0.3 is 15.0 Å². The maximum atomic E-state index is 5.73. The molecule has 0 bridgehead atoms. The molecule has 0 spiro atoms. The summed E-state index contributed by atoms with van der Waals surface area (Å²) >= 11 is 0. The first-order valence-corrected chi connectivity index (χ1v) is 7.39. The van der Waals surface area contributed by atoms with Crippen LogP contribution in [0.1, 0.15) is 29.5 Å². The molecule has 4 heteroatoms. The highest BCUT2D eigenvalue weighted by atomic mass is 16.5. The predicted molar refractivity (Wildman–Crippen MR) is 77.6 cm³/mol. The van der Waals surface area contributed by atoms with Gasteiger partial charge in [0.05, 0.1) is 18.5 Å². The second-order valence-corrected chi connectivity index (χ2v) is 5.58. The van der Waals surface area contributed by atoms with E-state index in [-0.39, 0.29) is 6.10 Å². The number of H-pyrrole nitrogens is 1. The minimum absolute atomic E-state index is 0.0481. The van der Waals surface area contributed by atoms with Gasteiger partial charge >= 0.3 is 0 Å². The van der Waals surface area contributed by atoms with Gasteiger partial charge in [-0.05, 0) is 42.0 Å². The SMILES string of the molecule is c1cc2c(cc1-c1cnc(C3CNCCO3)[nH]1)CCC2. The van der Waals surface area contributed by atoms with Gasteiger partial charge in [0.2, 0.25) is 0 Å². The number of fused-ring (bicyclic) bond motifs is 1. The van der Waals surface area contributed by atoms with Crippen LogP contribution >= 0.6 is 0 Å². The Morgan fingerprint density at radius 1 is 1.20 bits per heavy atom. The Bertz CT molecular complexity index is 614. The van der Waals surface area contributed by atoms with Crippen LogP contribution in [0.3, 0.4) is 0 Å². The summed E-state index contributed by atoms with van der Waals surface area (Å²) in [4.78, 5) is 7.90. The zero-order valence-electron chi connectivity index (χ0n) is 11.5. The molecular weight excluding hydrogens is 250 g/mol. The fourth-order valence-corrected chi connectivity index (χ4v) is 3.13. The van der Waals surface area contributed by atoms with E-state index in [1.54, 1.807) is 0 Å². The molecule has 1 aliphatic heterocycles. The van der Waals surface area contributed by atoms with Crippen LogP contribution in [0.25, 0.3) is 11.3 Å². The van der Waals surface area contributed by atoms with Crippen molar-refractivity contribution in [1.29, 1.82) is 0 Å². The average Bonchev–Trinajstić information content (AvgIpc) is 3.16. The maximum absolute atomic E-state index is 5.73. The van der Waals surface area contributed by atoms with Gasteiger partial charge in [0.1, 0.15) is 11.9 Å². The van der Waals surface area contributed by atoms with E-state index >= 15 is 0 Å². The van der Waals surface area contributed by atoms with Crippen LogP contribution in [0, 0.1) is 0 Å². The van der Waals surface area contributed by atoms with Gasteiger partial charge in [-0.2, -0.15) is 0 Å². The summed E-state index contributed by atoms with van der Waals surface area (Å²) in [6.45, 7) is 2.51. The second kappa shape index (κ2) is 5.04. The molecule has 1 fully saturated rings. The number of imidazole rings is 1. The van der Waals surface area contributed by atoms with Gasteiger partial charge in [0.15, 0.2) is 0 Å². The van der Waals surface area contributed by atoms with Gasteiger partial charge in [-0.15, -0.1) is 0 Å². The first kappa shape index (κ1) is 12.1.